The summed E-state index contributed by atoms with van der Waals surface area (Å²) in [4.78, 5) is 7.65. The molecule has 0 unspecified atom stereocenters. The number of aromatic nitrogens is 2. The highest BCUT2D eigenvalue weighted by Gasteiger charge is 2.09. The molecule has 0 spiro atoms. The molecule has 5 heteroatoms. The number of nitriles is 1. The largest absolute Gasteiger partial charge is 0.504 e. The molecule has 0 radical (unpaired) electrons. The number of nitrogens with zero attached hydrogens (tertiary/aromatic N) is 2. The quantitative estimate of drug-likeness (QED) is 0.711. The van der Waals surface area contributed by atoms with Crippen molar-refractivity contribution >= 4 is 22.7 Å². The number of allylic oxidation sites excluding steroid dienone is 1. The fraction of sp³-hybridized carbons (Fsp3) is 0.158. The van der Waals surface area contributed by atoms with Crippen LogP contribution < -0.4 is 4.74 Å². The molecular weight excluding hydrogens is 302 g/mol. The number of aromatic hydroxyl groups is 1. The van der Waals surface area contributed by atoms with Crippen LogP contribution in [0.25, 0.3) is 22.7 Å². The Balaban J connectivity index is 2.02. The number of aryl methyl sites for hydroxylation is 1. The van der Waals surface area contributed by atoms with Crippen LogP contribution >= 0.6 is 0 Å². The molecule has 0 fully saturated rings. The van der Waals surface area contributed by atoms with E-state index in [-0.39, 0.29) is 5.75 Å². The summed E-state index contributed by atoms with van der Waals surface area (Å²) in [5.41, 5.74) is 4.01. The first-order valence-corrected chi connectivity index (χ1v) is 7.65. The van der Waals surface area contributed by atoms with Crippen molar-refractivity contribution in [3.05, 3.63) is 53.3 Å². The molecule has 24 heavy (non-hydrogen) atoms. The lowest BCUT2D eigenvalue weighted by molar-refractivity contribution is 0.318. The van der Waals surface area contributed by atoms with Crippen molar-refractivity contribution in [1.29, 1.82) is 5.26 Å². The van der Waals surface area contributed by atoms with Crippen molar-refractivity contribution in [3.63, 3.8) is 0 Å². The third-order valence-corrected chi connectivity index (χ3v) is 3.61. The summed E-state index contributed by atoms with van der Waals surface area (Å²) >= 11 is 0. The molecule has 5 nitrogen and oxygen atoms in total. The Bertz CT molecular complexity index is 964. The van der Waals surface area contributed by atoms with Crippen LogP contribution in [0.15, 0.2) is 36.4 Å². The molecular formula is C19H17N3O2. The summed E-state index contributed by atoms with van der Waals surface area (Å²) in [6.07, 6.45) is 1.71. The van der Waals surface area contributed by atoms with Crippen molar-refractivity contribution in [2.45, 2.75) is 13.8 Å². The summed E-state index contributed by atoms with van der Waals surface area (Å²) in [6.45, 7) is 4.31. The van der Waals surface area contributed by atoms with E-state index in [0.717, 1.165) is 22.2 Å². The van der Waals surface area contributed by atoms with Crippen molar-refractivity contribution in [2.24, 2.45) is 0 Å². The van der Waals surface area contributed by atoms with Gasteiger partial charge in [-0.1, -0.05) is 12.1 Å². The second-order valence-electron chi connectivity index (χ2n) is 5.44. The maximum Gasteiger partial charge on any atom is 0.161 e. The zero-order valence-electron chi connectivity index (χ0n) is 13.5. The molecule has 0 aliphatic heterocycles. The number of benzene rings is 2. The van der Waals surface area contributed by atoms with Crippen LogP contribution in [0.4, 0.5) is 0 Å². The summed E-state index contributed by atoms with van der Waals surface area (Å²) < 4.78 is 5.37. The van der Waals surface area contributed by atoms with Gasteiger partial charge in [-0.05, 0) is 55.3 Å². The topological polar surface area (TPSA) is 81.9 Å². The van der Waals surface area contributed by atoms with E-state index in [1.165, 1.54) is 0 Å². The normalized spacial score (nSPS) is 11.5. The van der Waals surface area contributed by atoms with Gasteiger partial charge < -0.3 is 14.8 Å². The fourth-order valence-electron chi connectivity index (χ4n) is 2.46. The number of rotatable bonds is 4. The predicted octanol–water partition coefficient (Wildman–Crippen LogP) is 4.04. The fourth-order valence-corrected chi connectivity index (χ4v) is 2.46. The molecule has 0 saturated heterocycles. The highest BCUT2D eigenvalue weighted by molar-refractivity contribution is 5.90. The highest BCUT2D eigenvalue weighted by atomic mass is 16.5. The minimum absolute atomic E-state index is 0.0757. The highest BCUT2D eigenvalue weighted by Crippen LogP contribution is 2.28. The summed E-state index contributed by atoms with van der Waals surface area (Å²) in [5.74, 6) is 0.986. The van der Waals surface area contributed by atoms with Gasteiger partial charge in [0.25, 0.3) is 0 Å². The van der Waals surface area contributed by atoms with Gasteiger partial charge in [-0.25, -0.2) is 4.98 Å². The van der Waals surface area contributed by atoms with Gasteiger partial charge in [-0.15, -0.1) is 0 Å². The second-order valence-corrected chi connectivity index (χ2v) is 5.44. The summed E-state index contributed by atoms with van der Waals surface area (Å²) in [6, 6.07) is 13.0. The lowest BCUT2D eigenvalue weighted by atomic mass is 10.1. The van der Waals surface area contributed by atoms with Crippen LogP contribution in [0.1, 0.15) is 23.9 Å². The maximum absolute atomic E-state index is 9.77. The van der Waals surface area contributed by atoms with Gasteiger partial charge in [-0.2, -0.15) is 5.26 Å². The number of hydrogen-bond donors (Lipinski definition) is 2. The summed E-state index contributed by atoms with van der Waals surface area (Å²) in [5, 5.41) is 19.3. The molecule has 0 amide bonds. The molecule has 3 rings (SSSR count). The molecule has 1 heterocycles. The molecule has 0 aliphatic rings. The molecule has 0 aliphatic carbocycles. The van der Waals surface area contributed by atoms with Gasteiger partial charge in [-0.3, -0.25) is 0 Å². The van der Waals surface area contributed by atoms with E-state index in [2.05, 4.69) is 16.0 Å². The van der Waals surface area contributed by atoms with Crippen molar-refractivity contribution in [1.82, 2.24) is 9.97 Å². The molecule has 2 aromatic carbocycles. The third kappa shape index (κ3) is 3.08. The zero-order chi connectivity index (χ0) is 17.1. The second kappa shape index (κ2) is 6.47. The van der Waals surface area contributed by atoms with E-state index in [1.54, 1.807) is 24.3 Å². The SMILES string of the molecule is CCOc1cc(C=C(C#N)c2nc3ccc(C)cc3[nH]2)ccc1O. The van der Waals surface area contributed by atoms with Crippen molar-refractivity contribution in [2.75, 3.05) is 6.61 Å². The number of imidazole rings is 1. The monoisotopic (exact) mass is 319 g/mol. The van der Waals surface area contributed by atoms with Crippen molar-refractivity contribution in [3.8, 4) is 17.6 Å². The van der Waals surface area contributed by atoms with Gasteiger partial charge in [0.2, 0.25) is 0 Å². The number of phenols is 1. The number of hydrogen-bond acceptors (Lipinski definition) is 4. The Morgan fingerprint density at radius 1 is 1.33 bits per heavy atom. The smallest absolute Gasteiger partial charge is 0.161 e. The van der Waals surface area contributed by atoms with Gasteiger partial charge >= 0.3 is 0 Å². The minimum Gasteiger partial charge on any atom is -0.504 e. The minimum atomic E-state index is 0.0757. The lowest BCUT2D eigenvalue weighted by Crippen LogP contribution is -1.92. The average Bonchev–Trinajstić information content (AvgIpc) is 2.98. The third-order valence-electron chi connectivity index (χ3n) is 3.61. The Labute approximate surface area is 139 Å². The molecule has 0 atom stereocenters. The first-order valence-electron chi connectivity index (χ1n) is 7.65. The standard InChI is InChI=1S/C19H17N3O2/c1-3-24-18-10-13(5-7-17(18)23)9-14(11-20)19-21-15-6-4-12(2)8-16(15)22-19/h4-10,23H,3H2,1-2H3,(H,21,22). The van der Waals surface area contributed by atoms with Crippen LogP contribution in [0, 0.1) is 18.3 Å². The van der Waals surface area contributed by atoms with E-state index >= 15 is 0 Å². The van der Waals surface area contributed by atoms with Crippen LogP contribution in [0.2, 0.25) is 0 Å². The Hall–Kier alpha value is -3.26. The number of ether oxygens (including phenoxy) is 1. The van der Waals surface area contributed by atoms with E-state index in [0.29, 0.717) is 23.8 Å². The number of nitrogens with one attached hydrogen (secondary N) is 1. The Morgan fingerprint density at radius 3 is 2.92 bits per heavy atom. The number of phenolic OH excluding ortho intramolecular Hbond substituents is 1. The molecule has 120 valence electrons. The lowest BCUT2D eigenvalue weighted by Gasteiger charge is -2.06. The zero-order valence-corrected chi connectivity index (χ0v) is 13.5. The van der Waals surface area contributed by atoms with E-state index in [4.69, 9.17) is 4.74 Å². The first-order chi connectivity index (χ1) is 11.6. The van der Waals surface area contributed by atoms with Crippen LogP contribution in [-0.4, -0.2) is 21.7 Å². The van der Waals surface area contributed by atoms with Gasteiger partial charge in [0.1, 0.15) is 11.9 Å². The van der Waals surface area contributed by atoms with Crippen LogP contribution in [0.3, 0.4) is 0 Å². The Morgan fingerprint density at radius 2 is 2.17 bits per heavy atom. The molecule has 3 aromatic rings. The number of fused-ring (bicyclic) bond motifs is 1. The summed E-state index contributed by atoms with van der Waals surface area (Å²) in [7, 11) is 0. The van der Waals surface area contributed by atoms with Crippen LogP contribution in [0.5, 0.6) is 11.5 Å². The Kier molecular flexibility index (Phi) is 4.21. The maximum atomic E-state index is 9.77. The molecule has 2 N–H and O–H groups in total. The number of aromatic amines is 1. The van der Waals surface area contributed by atoms with Crippen LogP contribution in [-0.2, 0) is 0 Å². The predicted molar refractivity (Wildman–Crippen MR) is 93.6 cm³/mol. The van der Waals surface area contributed by atoms with E-state index in [1.807, 2.05) is 32.0 Å². The molecule has 1 aromatic heterocycles. The first kappa shape index (κ1) is 15.6. The van der Waals surface area contributed by atoms with Crippen molar-refractivity contribution < 1.29 is 9.84 Å². The van der Waals surface area contributed by atoms with E-state index in [9.17, 15) is 10.4 Å². The van der Waals surface area contributed by atoms with Gasteiger partial charge in [0, 0.05) is 0 Å². The molecule has 0 saturated carbocycles. The van der Waals surface area contributed by atoms with Gasteiger partial charge in [0.05, 0.1) is 23.2 Å². The number of H-pyrrole nitrogens is 1. The van der Waals surface area contributed by atoms with Gasteiger partial charge in [0.15, 0.2) is 11.5 Å². The van der Waals surface area contributed by atoms with E-state index < -0.39 is 0 Å². The average molecular weight is 319 g/mol. The molecule has 0 bridgehead atoms.